The van der Waals surface area contributed by atoms with E-state index in [-0.39, 0.29) is 23.2 Å². The van der Waals surface area contributed by atoms with Crippen LogP contribution in [0.15, 0.2) is 23.1 Å². The van der Waals surface area contributed by atoms with Crippen molar-refractivity contribution in [3.8, 4) is 0 Å². The Bertz CT molecular complexity index is 571. The number of hydrogen-bond acceptors (Lipinski definition) is 5. The van der Waals surface area contributed by atoms with Crippen molar-refractivity contribution < 1.29 is 13.3 Å². The largest absolute Gasteiger partial charge is 0.316 e. The van der Waals surface area contributed by atoms with Gasteiger partial charge in [0.25, 0.3) is 5.69 Å². The van der Waals surface area contributed by atoms with Gasteiger partial charge in [0.1, 0.15) is 0 Å². The van der Waals surface area contributed by atoms with Gasteiger partial charge in [0.15, 0.2) is 0 Å². The number of likely N-dealkylation sites (N-methyl/N-ethyl adjacent to an activating group) is 1. The lowest BCUT2D eigenvalue weighted by atomic mass is 10.2. The Morgan fingerprint density at radius 1 is 1.42 bits per heavy atom. The molecule has 19 heavy (non-hydrogen) atoms. The van der Waals surface area contributed by atoms with Crippen LogP contribution in [0.1, 0.15) is 12.5 Å². The summed E-state index contributed by atoms with van der Waals surface area (Å²) in [7, 11) is -1.92. The Kier molecular flexibility index (Phi) is 4.98. The Morgan fingerprint density at radius 2 is 2.05 bits per heavy atom. The van der Waals surface area contributed by atoms with Gasteiger partial charge in [-0.15, -0.1) is 0 Å². The molecule has 0 radical (unpaired) electrons. The third-order valence-corrected chi connectivity index (χ3v) is 4.31. The zero-order valence-corrected chi connectivity index (χ0v) is 11.8. The van der Waals surface area contributed by atoms with Crippen molar-refractivity contribution in [2.45, 2.75) is 24.8 Å². The molecule has 106 valence electrons. The number of nitrogens with zero attached hydrogens (tertiary/aromatic N) is 1. The molecule has 0 fully saturated rings. The Hall–Kier alpha value is -1.51. The number of nitrogens with one attached hydrogen (secondary N) is 2. The topological polar surface area (TPSA) is 101 Å². The van der Waals surface area contributed by atoms with E-state index in [1.165, 1.54) is 25.1 Å². The zero-order valence-electron chi connectivity index (χ0n) is 11.0. The molecule has 0 amide bonds. The van der Waals surface area contributed by atoms with E-state index in [2.05, 4.69) is 10.0 Å². The van der Waals surface area contributed by atoms with Crippen molar-refractivity contribution in [3.05, 3.63) is 33.9 Å². The van der Waals surface area contributed by atoms with Gasteiger partial charge in [0.05, 0.1) is 9.82 Å². The quantitative estimate of drug-likeness (QED) is 0.595. The number of non-ortho nitro benzene ring substituents is 1. The van der Waals surface area contributed by atoms with Crippen molar-refractivity contribution in [1.29, 1.82) is 0 Å². The van der Waals surface area contributed by atoms with Crippen molar-refractivity contribution in [3.63, 3.8) is 0 Å². The van der Waals surface area contributed by atoms with Crippen molar-refractivity contribution in [1.82, 2.24) is 10.0 Å². The van der Waals surface area contributed by atoms with Crippen LogP contribution in [-0.2, 0) is 10.0 Å². The van der Waals surface area contributed by atoms with Crippen LogP contribution in [0.2, 0.25) is 0 Å². The molecule has 0 aliphatic carbocycles. The van der Waals surface area contributed by atoms with Gasteiger partial charge >= 0.3 is 0 Å². The summed E-state index contributed by atoms with van der Waals surface area (Å²) in [6, 6.07) is 3.67. The predicted molar refractivity (Wildman–Crippen MR) is 71.5 cm³/mol. The number of aryl methyl sites for hydroxylation is 1. The van der Waals surface area contributed by atoms with E-state index in [1.807, 2.05) is 6.92 Å². The average molecular weight is 287 g/mol. The molecule has 0 aromatic heterocycles. The summed E-state index contributed by atoms with van der Waals surface area (Å²) in [5.41, 5.74) is 0.221. The van der Waals surface area contributed by atoms with Gasteiger partial charge in [0, 0.05) is 24.7 Å². The standard InChI is InChI=1S/C11H17N3O4S/c1-8-6-10(14(15)16)4-5-11(8)19(17,18)13-7-9(2)12-3/h4-6,9,12-13H,7H2,1-3H3. The lowest BCUT2D eigenvalue weighted by molar-refractivity contribution is -0.385. The summed E-state index contributed by atoms with van der Waals surface area (Å²) in [5.74, 6) is 0. The van der Waals surface area contributed by atoms with E-state index in [4.69, 9.17) is 0 Å². The molecule has 0 aliphatic heterocycles. The van der Waals surface area contributed by atoms with Crippen LogP contribution in [-0.4, -0.2) is 33.0 Å². The number of hydrogen-bond donors (Lipinski definition) is 2. The smallest absolute Gasteiger partial charge is 0.269 e. The number of nitro groups is 1. The maximum absolute atomic E-state index is 12.0. The summed E-state index contributed by atoms with van der Waals surface area (Å²) in [6.07, 6.45) is 0. The lowest BCUT2D eigenvalue weighted by Crippen LogP contribution is -2.37. The Labute approximate surface area is 112 Å². The van der Waals surface area contributed by atoms with E-state index in [9.17, 15) is 18.5 Å². The van der Waals surface area contributed by atoms with Crippen molar-refractivity contribution >= 4 is 15.7 Å². The molecule has 0 aliphatic rings. The van der Waals surface area contributed by atoms with Gasteiger partial charge in [-0.05, 0) is 32.5 Å². The van der Waals surface area contributed by atoms with Crippen LogP contribution in [0.4, 0.5) is 5.69 Å². The highest BCUT2D eigenvalue weighted by atomic mass is 32.2. The van der Waals surface area contributed by atoms with Crippen molar-refractivity contribution in [2.75, 3.05) is 13.6 Å². The zero-order chi connectivity index (χ0) is 14.6. The van der Waals surface area contributed by atoms with Crippen LogP contribution < -0.4 is 10.0 Å². The number of rotatable bonds is 6. The molecule has 0 heterocycles. The van der Waals surface area contributed by atoms with E-state index < -0.39 is 14.9 Å². The highest BCUT2D eigenvalue weighted by molar-refractivity contribution is 7.89. The van der Waals surface area contributed by atoms with Crippen LogP contribution in [0.25, 0.3) is 0 Å². The normalized spacial score (nSPS) is 13.2. The summed E-state index contributed by atoms with van der Waals surface area (Å²) >= 11 is 0. The highest BCUT2D eigenvalue weighted by Gasteiger charge is 2.19. The first-order valence-electron chi connectivity index (χ1n) is 5.70. The van der Waals surface area contributed by atoms with Gasteiger partial charge in [-0.2, -0.15) is 0 Å². The summed E-state index contributed by atoms with van der Waals surface area (Å²) in [5, 5.41) is 13.5. The molecular formula is C11H17N3O4S. The van der Waals surface area contributed by atoms with E-state index >= 15 is 0 Å². The predicted octanol–water partition coefficient (Wildman–Crippen LogP) is 0.789. The molecule has 0 saturated heterocycles. The number of sulfonamides is 1. The van der Waals surface area contributed by atoms with E-state index in [1.54, 1.807) is 7.05 Å². The minimum atomic E-state index is -3.65. The van der Waals surface area contributed by atoms with Crippen LogP contribution in [0, 0.1) is 17.0 Å². The first-order chi connectivity index (χ1) is 8.77. The fourth-order valence-electron chi connectivity index (χ4n) is 1.46. The molecule has 0 spiro atoms. The first kappa shape index (κ1) is 15.5. The summed E-state index contributed by atoms with van der Waals surface area (Å²) in [4.78, 5) is 10.1. The summed E-state index contributed by atoms with van der Waals surface area (Å²) in [6.45, 7) is 3.61. The second-order valence-corrected chi connectivity index (χ2v) is 5.98. The number of nitro benzene ring substituents is 1. The average Bonchev–Trinajstić information content (AvgIpc) is 2.35. The van der Waals surface area contributed by atoms with E-state index in [0.29, 0.717) is 5.56 Å². The van der Waals surface area contributed by atoms with Crippen LogP contribution in [0.5, 0.6) is 0 Å². The van der Waals surface area contributed by atoms with Crippen LogP contribution in [0.3, 0.4) is 0 Å². The van der Waals surface area contributed by atoms with Crippen molar-refractivity contribution in [2.24, 2.45) is 0 Å². The maximum atomic E-state index is 12.0. The molecule has 0 saturated carbocycles. The number of benzene rings is 1. The SMILES string of the molecule is CNC(C)CNS(=O)(=O)c1ccc([N+](=O)[O-])cc1C. The molecule has 1 aromatic carbocycles. The Balaban J connectivity index is 2.99. The molecule has 0 bridgehead atoms. The monoisotopic (exact) mass is 287 g/mol. The molecule has 1 rings (SSSR count). The Morgan fingerprint density at radius 3 is 2.53 bits per heavy atom. The second-order valence-electron chi connectivity index (χ2n) is 4.25. The highest BCUT2D eigenvalue weighted by Crippen LogP contribution is 2.20. The first-order valence-corrected chi connectivity index (χ1v) is 7.18. The third-order valence-electron chi connectivity index (χ3n) is 2.73. The van der Waals surface area contributed by atoms with Gasteiger partial charge in [-0.3, -0.25) is 10.1 Å². The minimum absolute atomic E-state index is 0.00636. The van der Waals surface area contributed by atoms with E-state index in [0.717, 1.165) is 0 Å². The summed E-state index contributed by atoms with van der Waals surface area (Å²) < 4.78 is 26.5. The van der Waals surface area contributed by atoms with Gasteiger partial charge in [0.2, 0.25) is 10.0 Å². The minimum Gasteiger partial charge on any atom is -0.316 e. The van der Waals surface area contributed by atoms with Gasteiger partial charge in [-0.1, -0.05) is 0 Å². The molecule has 1 aromatic rings. The van der Waals surface area contributed by atoms with Gasteiger partial charge < -0.3 is 5.32 Å². The fraction of sp³-hybridized carbons (Fsp3) is 0.455. The molecular weight excluding hydrogens is 270 g/mol. The maximum Gasteiger partial charge on any atom is 0.269 e. The molecule has 1 atom stereocenters. The third kappa shape index (κ3) is 3.98. The molecule has 7 nitrogen and oxygen atoms in total. The fourth-order valence-corrected chi connectivity index (χ4v) is 2.82. The second kappa shape index (κ2) is 6.09. The molecule has 2 N–H and O–H groups in total. The van der Waals surface area contributed by atoms with Crippen LogP contribution >= 0.6 is 0 Å². The van der Waals surface area contributed by atoms with Gasteiger partial charge in [-0.25, -0.2) is 13.1 Å². The molecule has 8 heteroatoms. The lowest BCUT2D eigenvalue weighted by Gasteiger charge is -2.13. The molecule has 1 unspecified atom stereocenters.